The maximum absolute atomic E-state index is 12.4. The van der Waals surface area contributed by atoms with Gasteiger partial charge in [-0.25, -0.2) is 0 Å². The van der Waals surface area contributed by atoms with Gasteiger partial charge in [-0.15, -0.1) is 0 Å². The number of fused-ring (bicyclic) bond motifs is 1. The number of rotatable bonds is 7. The Morgan fingerprint density at radius 3 is 2.45 bits per heavy atom. The van der Waals surface area contributed by atoms with E-state index >= 15 is 0 Å². The highest BCUT2D eigenvalue weighted by atomic mass is 32.2. The van der Waals surface area contributed by atoms with E-state index in [0.29, 0.717) is 37.8 Å². The molecule has 0 atom stereocenters. The molecule has 0 amide bonds. The lowest BCUT2D eigenvalue weighted by atomic mass is 10.2. The highest BCUT2D eigenvalue weighted by Gasteiger charge is 2.23. The van der Waals surface area contributed by atoms with Crippen LogP contribution < -0.4 is 9.47 Å². The lowest BCUT2D eigenvalue weighted by Crippen LogP contribution is -2.39. The van der Waals surface area contributed by atoms with E-state index < -0.39 is 10.2 Å². The summed E-state index contributed by atoms with van der Waals surface area (Å²) in [5.41, 5.74) is 0.874. The van der Waals surface area contributed by atoms with Crippen molar-refractivity contribution in [1.29, 1.82) is 0 Å². The fourth-order valence-electron chi connectivity index (χ4n) is 2.26. The van der Waals surface area contributed by atoms with Gasteiger partial charge in [-0.3, -0.25) is 0 Å². The van der Waals surface area contributed by atoms with Gasteiger partial charge in [-0.2, -0.15) is 17.0 Å². The Labute approximate surface area is 132 Å². The highest BCUT2D eigenvalue weighted by molar-refractivity contribution is 7.86. The van der Waals surface area contributed by atoms with Crippen molar-refractivity contribution < 1.29 is 17.9 Å². The van der Waals surface area contributed by atoms with E-state index in [4.69, 9.17) is 9.47 Å². The predicted octanol–water partition coefficient (Wildman–Crippen LogP) is 1.87. The van der Waals surface area contributed by atoms with Crippen LogP contribution >= 0.6 is 0 Å². The van der Waals surface area contributed by atoms with Crippen LogP contribution in [-0.2, 0) is 16.8 Å². The quantitative estimate of drug-likeness (QED) is 0.767. The van der Waals surface area contributed by atoms with Gasteiger partial charge in [0.1, 0.15) is 13.2 Å². The van der Waals surface area contributed by atoms with Gasteiger partial charge in [-0.05, 0) is 24.1 Å². The summed E-state index contributed by atoms with van der Waals surface area (Å²) in [6.45, 7) is 3.94. The molecule has 0 unspecified atom stereocenters. The minimum Gasteiger partial charge on any atom is -0.486 e. The van der Waals surface area contributed by atoms with Crippen molar-refractivity contribution in [2.75, 3.05) is 33.9 Å². The van der Waals surface area contributed by atoms with Gasteiger partial charge in [0.2, 0.25) is 0 Å². The van der Waals surface area contributed by atoms with Crippen molar-refractivity contribution in [3.05, 3.63) is 23.8 Å². The normalized spacial score (nSPS) is 14.6. The van der Waals surface area contributed by atoms with Gasteiger partial charge in [0.05, 0.1) is 0 Å². The molecule has 0 saturated carbocycles. The van der Waals surface area contributed by atoms with Crippen LogP contribution in [0.2, 0.25) is 0 Å². The molecule has 1 aliphatic heterocycles. The molecule has 0 spiro atoms. The summed E-state index contributed by atoms with van der Waals surface area (Å²) in [6, 6.07) is 5.53. The van der Waals surface area contributed by atoms with Crippen LogP contribution in [0.25, 0.3) is 0 Å². The Morgan fingerprint density at radius 2 is 1.77 bits per heavy atom. The molecule has 0 aromatic heterocycles. The van der Waals surface area contributed by atoms with Gasteiger partial charge < -0.3 is 9.47 Å². The first kappa shape index (κ1) is 17.1. The van der Waals surface area contributed by atoms with E-state index in [2.05, 4.69) is 0 Å². The molecule has 124 valence electrons. The summed E-state index contributed by atoms with van der Waals surface area (Å²) in [5.74, 6) is 1.38. The van der Waals surface area contributed by atoms with Crippen LogP contribution in [0.5, 0.6) is 11.5 Å². The first-order valence-corrected chi connectivity index (χ1v) is 8.91. The third kappa shape index (κ3) is 3.91. The predicted molar refractivity (Wildman–Crippen MR) is 85.4 cm³/mol. The molecule has 0 N–H and O–H groups in total. The monoisotopic (exact) mass is 328 g/mol. The van der Waals surface area contributed by atoms with Gasteiger partial charge in [0.15, 0.2) is 11.5 Å². The topological polar surface area (TPSA) is 59.1 Å². The molecule has 6 nitrogen and oxygen atoms in total. The molecule has 2 rings (SSSR count). The number of unbranched alkanes of at least 4 members (excludes halogenated alkanes) is 1. The van der Waals surface area contributed by atoms with Crippen molar-refractivity contribution in [1.82, 2.24) is 8.61 Å². The van der Waals surface area contributed by atoms with E-state index in [1.54, 1.807) is 14.1 Å². The maximum atomic E-state index is 12.4. The number of ether oxygens (including phenoxy) is 2. The third-order valence-electron chi connectivity index (χ3n) is 3.63. The Kier molecular flexibility index (Phi) is 5.66. The van der Waals surface area contributed by atoms with Crippen molar-refractivity contribution >= 4 is 10.2 Å². The maximum Gasteiger partial charge on any atom is 0.281 e. The zero-order valence-electron chi connectivity index (χ0n) is 13.4. The Bertz CT molecular complexity index is 604. The Balaban J connectivity index is 2.06. The second kappa shape index (κ2) is 7.30. The zero-order valence-corrected chi connectivity index (χ0v) is 14.2. The molecule has 1 aliphatic rings. The fraction of sp³-hybridized carbons (Fsp3) is 0.600. The van der Waals surface area contributed by atoms with Gasteiger partial charge in [-0.1, -0.05) is 19.4 Å². The zero-order chi connectivity index (χ0) is 16.2. The van der Waals surface area contributed by atoms with Gasteiger partial charge in [0.25, 0.3) is 10.2 Å². The second-order valence-corrected chi connectivity index (χ2v) is 7.56. The molecular formula is C15H24N2O4S. The first-order chi connectivity index (χ1) is 10.4. The van der Waals surface area contributed by atoms with Crippen LogP contribution in [0.15, 0.2) is 18.2 Å². The van der Waals surface area contributed by atoms with E-state index in [1.807, 2.05) is 25.1 Å². The summed E-state index contributed by atoms with van der Waals surface area (Å²) >= 11 is 0. The average Bonchev–Trinajstić information content (AvgIpc) is 2.52. The third-order valence-corrected chi connectivity index (χ3v) is 5.51. The van der Waals surface area contributed by atoms with Crippen LogP contribution in [-0.4, -0.2) is 50.9 Å². The molecule has 7 heteroatoms. The Hall–Kier alpha value is -1.31. The molecule has 1 aromatic rings. The van der Waals surface area contributed by atoms with Crippen molar-refractivity contribution in [3.63, 3.8) is 0 Å². The van der Waals surface area contributed by atoms with E-state index in [1.165, 1.54) is 8.61 Å². The number of nitrogens with zero attached hydrogens (tertiary/aromatic N) is 2. The minimum absolute atomic E-state index is 0.301. The molecule has 22 heavy (non-hydrogen) atoms. The van der Waals surface area contributed by atoms with E-state index in [9.17, 15) is 8.42 Å². The van der Waals surface area contributed by atoms with Gasteiger partial charge >= 0.3 is 0 Å². The number of benzene rings is 1. The largest absolute Gasteiger partial charge is 0.486 e. The van der Waals surface area contributed by atoms with E-state index in [0.717, 1.165) is 18.4 Å². The SMILES string of the molecule is CCCCN(C)S(=O)(=O)N(C)Cc1ccc2c(c1)OCCO2. The van der Waals surface area contributed by atoms with Crippen molar-refractivity contribution in [2.24, 2.45) is 0 Å². The summed E-state index contributed by atoms with van der Waals surface area (Å²) in [4.78, 5) is 0. The average molecular weight is 328 g/mol. The number of hydrogen-bond acceptors (Lipinski definition) is 4. The van der Waals surface area contributed by atoms with Crippen LogP contribution in [0.3, 0.4) is 0 Å². The summed E-state index contributed by atoms with van der Waals surface area (Å²) in [6.07, 6.45) is 1.82. The minimum atomic E-state index is -3.44. The first-order valence-electron chi connectivity index (χ1n) is 7.51. The van der Waals surface area contributed by atoms with Crippen LogP contribution in [0.4, 0.5) is 0 Å². The molecule has 0 radical (unpaired) electrons. The molecule has 1 heterocycles. The lowest BCUT2D eigenvalue weighted by molar-refractivity contribution is 0.171. The smallest absolute Gasteiger partial charge is 0.281 e. The van der Waals surface area contributed by atoms with E-state index in [-0.39, 0.29) is 0 Å². The molecule has 0 fully saturated rings. The Morgan fingerprint density at radius 1 is 1.09 bits per heavy atom. The van der Waals surface area contributed by atoms with Gasteiger partial charge in [0, 0.05) is 27.2 Å². The van der Waals surface area contributed by atoms with Crippen molar-refractivity contribution in [2.45, 2.75) is 26.3 Å². The van der Waals surface area contributed by atoms with Crippen molar-refractivity contribution in [3.8, 4) is 11.5 Å². The lowest BCUT2D eigenvalue weighted by Gasteiger charge is -2.25. The summed E-state index contributed by atoms with van der Waals surface area (Å²) < 4.78 is 38.6. The number of hydrogen-bond donors (Lipinski definition) is 0. The molecular weight excluding hydrogens is 304 g/mol. The summed E-state index contributed by atoms with van der Waals surface area (Å²) in [7, 11) is -0.228. The summed E-state index contributed by atoms with van der Waals surface area (Å²) in [5, 5.41) is 0. The molecule has 0 aliphatic carbocycles. The van der Waals surface area contributed by atoms with Crippen LogP contribution in [0.1, 0.15) is 25.3 Å². The molecule has 1 aromatic carbocycles. The molecule has 0 bridgehead atoms. The standard InChI is InChI=1S/C15H24N2O4S/c1-4-5-8-16(2)22(18,19)17(3)12-13-6-7-14-15(11-13)21-10-9-20-14/h6-7,11H,4-5,8-10,12H2,1-3H3. The highest BCUT2D eigenvalue weighted by Crippen LogP contribution is 2.31. The molecule has 0 saturated heterocycles. The van der Waals surface area contributed by atoms with Crippen LogP contribution in [0, 0.1) is 0 Å². The second-order valence-electron chi connectivity index (χ2n) is 5.42. The fourth-order valence-corrected chi connectivity index (χ4v) is 3.41.